The Kier molecular flexibility index (Phi) is 8.85. The first-order valence-electron chi connectivity index (χ1n) is 12.8. The van der Waals surface area contributed by atoms with Crippen molar-refractivity contribution in [3.63, 3.8) is 0 Å². The van der Waals surface area contributed by atoms with E-state index < -0.39 is 0 Å². The molecule has 0 bridgehead atoms. The molecule has 1 nitrogen and oxygen atoms in total. The minimum atomic E-state index is 0.106. The van der Waals surface area contributed by atoms with E-state index in [9.17, 15) is 0 Å². The van der Waals surface area contributed by atoms with Crippen LogP contribution < -0.4 is 15.7 Å². The summed E-state index contributed by atoms with van der Waals surface area (Å²) in [6.07, 6.45) is 6.79. The molecule has 0 atom stereocenters. The SMILES string of the molecule is COc1ccc(/C(=C/C(C)=C/C=C(C)C)B(c2c(C)cc(C)cc2C)c2c(C)cc(C)cc2C)cc1. The summed E-state index contributed by atoms with van der Waals surface area (Å²) < 4.78 is 5.49. The molecule has 0 aromatic heterocycles. The van der Waals surface area contributed by atoms with Gasteiger partial charge in [-0.05, 0) is 80.0 Å². The Labute approximate surface area is 219 Å². The largest absolute Gasteiger partial charge is 0.497 e. The van der Waals surface area contributed by atoms with E-state index in [0.29, 0.717) is 0 Å². The summed E-state index contributed by atoms with van der Waals surface area (Å²) in [6.45, 7) is 20.0. The monoisotopic (exact) mass is 476 g/mol. The maximum absolute atomic E-state index is 5.49. The van der Waals surface area contributed by atoms with Crippen molar-refractivity contribution in [1.82, 2.24) is 0 Å². The predicted molar refractivity (Wildman–Crippen MR) is 160 cm³/mol. The zero-order valence-electron chi connectivity index (χ0n) is 23.8. The lowest BCUT2D eigenvalue weighted by Gasteiger charge is -2.27. The Morgan fingerprint density at radius 1 is 0.667 bits per heavy atom. The van der Waals surface area contributed by atoms with Crippen LogP contribution in [-0.4, -0.2) is 13.8 Å². The average Bonchev–Trinajstić information content (AvgIpc) is 2.79. The smallest absolute Gasteiger partial charge is 0.243 e. The summed E-state index contributed by atoms with van der Waals surface area (Å²) in [4.78, 5) is 0. The number of hydrogen-bond donors (Lipinski definition) is 0. The third-order valence-electron chi connectivity index (χ3n) is 6.85. The lowest BCUT2D eigenvalue weighted by Crippen LogP contribution is -2.48. The standard InChI is InChI=1S/C34H41BO/c1-22(2)11-12-23(3)21-32(30-13-15-31(36-10)16-14-30)35(33-26(6)17-24(4)18-27(33)7)34-28(8)19-25(5)20-29(34)9/h11-21H,1-10H3/b23-12+,32-21-. The van der Waals surface area contributed by atoms with Crippen LogP contribution in [0.1, 0.15) is 59.7 Å². The molecule has 0 saturated heterocycles. The highest BCUT2D eigenvalue weighted by Crippen LogP contribution is 2.26. The molecule has 3 rings (SSSR count). The lowest BCUT2D eigenvalue weighted by molar-refractivity contribution is 0.415. The summed E-state index contributed by atoms with van der Waals surface area (Å²) in [5, 5.41) is 0. The molecule has 0 unspecified atom stereocenters. The van der Waals surface area contributed by atoms with Gasteiger partial charge < -0.3 is 4.74 Å². The zero-order valence-corrected chi connectivity index (χ0v) is 23.8. The molecule has 0 spiro atoms. The molecule has 3 aromatic carbocycles. The van der Waals surface area contributed by atoms with Crippen LogP contribution in [0.3, 0.4) is 0 Å². The van der Waals surface area contributed by atoms with E-state index >= 15 is 0 Å². The van der Waals surface area contributed by atoms with Gasteiger partial charge in [0.25, 0.3) is 0 Å². The topological polar surface area (TPSA) is 9.23 Å². The van der Waals surface area contributed by atoms with E-state index in [0.717, 1.165) is 5.75 Å². The highest BCUT2D eigenvalue weighted by Gasteiger charge is 2.31. The van der Waals surface area contributed by atoms with Crippen molar-refractivity contribution >= 4 is 23.1 Å². The number of rotatable bonds is 7. The van der Waals surface area contributed by atoms with Crippen molar-refractivity contribution in [2.45, 2.75) is 62.3 Å². The second-order valence-electron chi connectivity index (χ2n) is 10.5. The molecular weight excluding hydrogens is 435 g/mol. The normalized spacial score (nSPS) is 11.9. The number of methoxy groups -OCH3 is 1. The molecule has 0 saturated carbocycles. The fraction of sp³-hybridized carbons (Fsp3) is 0.294. The Hall–Kier alpha value is -3.26. The first-order valence-corrected chi connectivity index (χ1v) is 12.8. The van der Waals surface area contributed by atoms with Crippen molar-refractivity contribution in [2.24, 2.45) is 0 Å². The molecular formula is C34H41BO. The van der Waals surface area contributed by atoms with Gasteiger partial charge in [-0.3, -0.25) is 0 Å². The van der Waals surface area contributed by atoms with Gasteiger partial charge in [0.2, 0.25) is 6.71 Å². The molecule has 0 heterocycles. The van der Waals surface area contributed by atoms with Crippen LogP contribution in [0, 0.1) is 41.5 Å². The summed E-state index contributed by atoms with van der Waals surface area (Å²) in [6, 6.07) is 17.8. The molecule has 0 aliphatic rings. The quantitative estimate of drug-likeness (QED) is 0.251. The van der Waals surface area contributed by atoms with E-state index in [4.69, 9.17) is 4.74 Å². The Bertz CT molecular complexity index is 1230. The molecule has 0 aliphatic carbocycles. The molecule has 0 radical (unpaired) electrons. The molecule has 0 N–H and O–H groups in total. The third-order valence-corrected chi connectivity index (χ3v) is 6.85. The van der Waals surface area contributed by atoms with Crippen LogP contribution in [0.15, 0.2) is 77.9 Å². The van der Waals surface area contributed by atoms with Gasteiger partial charge >= 0.3 is 0 Å². The second-order valence-corrected chi connectivity index (χ2v) is 10.5. The summed E-state index contributed by atoms with van der Waals surface area (Å²) in [5.41, 5.74) is 15.8. The fourth-order valence-corrected chi connectivity index (χ4v) is 5.46. The van der Waals surface area contributed by atoms with Crippen molar-refractivity contribution in [3.05, 3.63) is 117 Å². The van der Waals surface area contributed by atoms with Gasteiger partial charge in [0.05, 0.1) is 7.11 Å². The van der Waals surface area contributed by atoms with Gasteiger partial charge in [-0.1, -0.05) is 116 Å². The number of hydrogen-bond acceptors (Lipinski definition) is 1. The van der Waals surface area contributed by atoms with Gasteiger partial charge in [0.15, 0.2) is 0 Å². The first-order chi connectivity index (χ1) is 17.0. The summed E-state index contributed by atoms with van der Waals surface area (Å²) in [5.74, 6) is 0.872. The molecule has 0 amide bonds. The van der Waals surface area contributed by atoms with Gasteiger partial charge in [0, 0.05) is 0 Å². The minimum absolute atomic E-state index is 0.106. The predicted octanol–water partition coefficient (Wildman–Crippen LogP) is 7.69. The van der Waals surface area contributed by atoms with E-state index in [1.165, 1.54) is 66.5 Å². The number of aryl methyl sites for hydroxylation is 6. The summed E-state index contributed by atoms with van der Waals surface area (Å²) in [7, 11) is 1.72. The maximum atomic E-state index is 5.49. The molecule has 0 fully saturated rings. The molecule has 186 valence electrons. The summed E-state index contributed by atoms with van der Waals surface area (Å²) >= 11 is 0. The Morgan fingerprint density at radius 2 is 1.11 bits per heavy atom. The Morgan fingerprint density at radius 3 is 1.50 bits per heavy atom. The van der Waals surface area contributed by atoms with Crippen LogP contribution in [0.2, 0.25) is 0 Å². The first kappa shape index (κ1) is 27.3. The van der Waals surface area contributed by atoms with Crippen LogP contribution >= 0.6 is 0 Å². The fourth-order valence-electron chi connectivity index (χ4n) is 5.46. The van der Waals surface area contributed by atoms with Crippen LogP contribution in [0.4, 0.5) is 0 Å². The lowest BCUT2D eigenvalue weighted by atomic mass is 9.32. The zero-order chi connectivity index (χ0) is 26.6. The molecule has 2 heteroatoms. The van der Waals surface area contributed by atoms with E-state index in [2.05, 4.69) is 129 Å². The van der Waals surface area contributed by atoms with Crippen LogP contribution in [0.5, 0.6) is 5.75 Å². The number of benzene rings is 3. The Balaban J connectivity index is 2.44. The maximum Gasteiger partial charge on any atom is 0.243 e. The van der Waals surface area contributed by atoms with Crippen molar-refractivity contribution in [2.75, 3.05) is 7.11 Å². The van der Waals surface area contributed by atoms with Crippen molar-refractivity contribution < 1.29 is 4.74 Å². The van der Waals surface area contributed by atoms with Gasteiger partial charge in [-0.2, -0.15) is 0 Å². The molecule has 0 aliphatic heterocycles. The van der Waals surface area contributed by atoms with Gasteiger partial charge in [0.1, 0.15) is 5.75 Å². The van der Waals surface area contributed by atoms with Crippen molar-refractivity contribution in [1.29, 1.82) is 0 Å². The van der Waals surface area contributed by atoms with Gasteiger partial charge in [-0.25, -0.2) is 0 Å². The highest BCUT2D eigenvalue weighted by atomic mass is 16.5. The van der Waals surface area contributed by atoms with Crippen molar-refractivity contribution in [3.8, 4) is 5.75 Å². The number of ether oxygens (including phenoxy) is 1. The minimum Gasteiger partial charge on any atom is -0.497 e. The van der Waals surface area contributed by atoms with E-state index in [1.807, 2.05) is 0 Å². The molecule has 36 heavy (non-hydrogen) atoms. The van der Waals surface area contributed by atoms with E-state index in [1.54, 1.807) is 7.11 Å². The van der Waals surface area contributed by atoms with Crippen LogP contribution in [0.25, 0.3) is 5.47 Å². The number of allylic oxidation sites excluding steroid dienone is 5. The average molecular weight is 477 g/mol. The van der Waals surface area contributed by atoms with E-state index in [-0.39, 0.29) is 6.71 Å². The second kappa shape index (κ2) is 11.7. The highest BCUT2D eigenvalue weighted by molar-refractivity contribution is 7.00. The van der Waals surface area contributed by atoms with Gasteiger partial charge in [-0.15, -0.1) is 0 Å². The molecule has 3 aromatic rings. The third kappa shape index (κ3) is 6.29. The van der Waals surface area contributed by atoms with Crippen LogP contribution in [-0.2, 0) is 0 Å².